The summed E-state index contributed by atoms with van der Waals surface area (Å²) in [5.41, 5.74) is 0. The lowest BCUT2D eigenvalue weighted by molar-refractivity contribution is -0.144. The average Bonchev–Trinajstić information content (AvgIpc) is 2.27. The molecule has 1 amide bonds. The largest absolute Gasteiger partial charge is 0.466 e. The van der Waals surface area contributed by atoms with Crippen molar-refractivity contribution in [1.82, 2.24) is 10.2 Å². The molecular weight excluding hydrogens is 244 g/mol. The Kier molecular flexibility index (Phi) is 6.28. The molecule has 1 heterocycles. The summed E-state index contributed by atoms with van der Waals surface area (Å²) in [6, 6.07) is 0.132. The van der Waals surface area contributed by atoms with Crippen molar-refractivity contribution >= 4 is 11.9 Å². The fraction of sp³-hybridized carbons (Fsp3) is 0.857. The van der Waals surface area contributed by atoms with Gasteiger partial charge in [0, 0.05) is 31.5 Å². The third kappa shape index (κ3) is 5.59. The number of carbonyl (C=O) groups is 2. The van der Waals surface area contributed by atoms with Crippen molar-refractivity contribution in [2.75, 3.05) is 26.7 Å². The van der Waals surface area contributed by atoms with Crippen LogP contribution in [0.4, 0.5) is 0 Å². The summed E-state index contributed by atoms with van der Waals surface area (Å²) >= 11 is 0. The van der Waals surface area contributed by atoms with E-state index in [0.717, 1.165) is 19.5 Å². The number of rotatable bonds is 5. The van der Waals surface area contributed by atoms with E-state index in [-0.39, 0.29) is 29.8 Å². The summed E-state index contributed by atoms with van der Waals surface area (Å²) in [5.74, 6) is 0.193. The minimum absolute atomic E-state index is 0.00395. The highest BCUT2D eigenvalue weighted by Gasteiger charge is 2.28. The molecular formula is C14H26N2O3. The molecule has 19 heavy (non-hydrogen) atoms. The molecule has 0 saturated carbocycles. The molecule has 2 atom stereocenters. The minimum Gasteiger partial charge on any atom is -0.466 e. The molecule has 1 aliphatic rings. The number of hydrogen-bond donors (Lipinski definition) is 1. The number of esters is 1. The number of hydrogen-bond acceptors (Lipinski definition) is 4. The zero-order valence-corrected chi connectivity index (χ0v) is 12.4. The van der Waals surface area contributed by atoms with Gasteiger partial charge in [0.15, 0.2) is 0 Å². The van der Waals surface area contributed by atoms with Crippen molar-refractivity contribution in [1.29, 1.82) is 0 Å². The standard InChI is InChI=1S/C14H26N2O3/c1-5-19-13(17)7-11-6-12(9-16(4)8-11)15-14(18)10(2)3/h10-12H,5-9H2,1-4H3,(H,15,18). The summed E-state index contributed by atoms with van der Waals surface area (Å²) in [4.78, 5) is 25.4. The van der Waals surface area contributed by atoms with E-state index in [0.29, 0.717) is 13.0 Å². The third-order valence-electron chi connectivity index (χ3n) is 3.35. The van der Waals surface area contributed by atoms with E-state index in [1.165, 1.54) is 0 Å². The van der Waals surface area contributed by atoms with Gasteiger partial charge in [-0.1, -0.05) is 13.8 Å². The van der Waals surface area contributed by atoms with E-state index >= 15 is 0 Å². The summed E-state index contributed by atoms with van der Waals surface area (Å²) in [6.45, 7) is 7.74. The lowest BCUT2D eigenvalue weighted by Crippen LogP contribution is -2.50. The molecule has 2 unspecified atom stereocenters. The molecule has 1 saturated heterocycles. The third-order valence-corrected chi connectivity index (χ3v) is 3.35. The highest BCUT2D eigenvalue weighted by molar-refractivity contribution is 5.78. The molecule has 1 fully saturated rings. The van der Waals surface area contributed by atoms with Crippen molar-refractivity contribution in [2.24, 2.45) is 11.8 Å². The Labute approximate surface area is 115 Å². The van der Waals surface area contributed by atoms with E-state index in [4.69, 9.17) is 4.74 Å². The monoisotopic (exact) mass is 270 g/mol. The Balaban J connectivity index is 2.48. The van der Waals surface area contributed by atoms with E-state index < -0.39 is 0 Å². The normalized spacial score (nSPS) is 24.3. The molecule has 110 valence electrons. The smallest absolute Gasteiger partial charge is 0.306 e. The van der Waals surface area contributed by atoms with Crippen LogP contribution >= 0.6 is 0 Å². The van der Waals surface area contributed by atoms with Crippen LogP contribution in [0, 0.1) is 11.8 Å². The summed E-state index contributed by atoms with van der Waals surface area (Å²) in [7, 11) is 2.02. The van der Waals surface area contributed by atoms with E-state index in [9.17, 15) is 9.59 Å². The Morgan fingerprint density at radius 3 is 2.63 bits per heavy atom. The van der Waals surface area contributed by atoms with E-state index in [1.807, 2.05) is 27.8 Å². The van der Waals surface area contributed by atoms with Crippen LogP contribution < -0.4 is 5.32 Å². The van der Waals surface area contributed by atoms with Gasteiger partial charge in [0.25, 0.3) is 0 Å². The van der Waals surface area contributed by atoms with Gasteiger partial charge < -0.3 is 15.0 Å². The fourth-order valence-corrected chi connectivity index (χ4v) is 2.52. The SMILES string of the molecule is CCOC(=O)CC1CC(NC(=O)C(C)C)CN(C)C1. The number of carbonyl (C=O) groups excluding carboxylic acids is 2. The maximum Gasteiger partial charge on any atom is 0.306 e. The number of ether oxygens (including phenoxy) is 1. The van der Waals surface area contributed by atoms with Gasteiger partial charge in [-0.15, -0.1) is 0 Å². The Morgan fingerprint density at radius 1 is 1.37 bits per heavy atom. The minimum atomic E-state index is -0.142. The molecule has 1 aliphatic heterocycles. The first-order chi connectivity index (χ1) is 8.92. The highest BCUT2D eigenvalue weighted by atomic mass is 16.5. The van der Waals surface area contributed by atoms with Crippen LogP contribution in [0.1, 0.15) is 33.6 Å². The fourth-order valence-electron chi connectivity index (χ4n) is 2.52. The second-order valence-corrected chi connectivity index (χ2v) is 5.69. The number of amides is 1. The highest BCUT2D eigenvalue weighted by Crippen LogP contribution is 2.20. The second-order valence-electron chi connectivity index (χ2n) is 5.69. The van der Waals surface area contributed by atoms with Crippen LogP contribution in [0.25, 0.3) is 0 Å². The second kappa shape index (κ2) is 7.48. The lowest BCUT2D eigenvalue weighted by Gasteiger charge is -2.36. The van der Waals surface area contributed by atoms with Crippen LogP contribution in [0.3, 0.4) is 0 Å². The van der Waals surface area contributed by atoms with Crippen LogP contribution in [0.5, 0.6) is 0 Å². The maximum atomic E-state index is 11.7. The first-order valence-corrected chi connectivity index (χ1v) is 7.06. The summed E-state index contributed by atoms with van der Waals surface area (Å²) < 4.78 is 4.99. The average molecular weight is 270 g/mol. The predicted octanol–water partition coefficient (Wildman–Crippen LogP) is 1.03. The van der Waals surface area contributed by atoms with E-state index in [2.05, 4.69) is 10.2 Å². The van der Waals surface area contributed by atoms with Crippen LogP contribution in [-0.2, 0) is 14.3 Å². The molecule has 0 aliphatic carbocycles. The van der Waals surface area contributed by atoms with Crippen LogP contribution in [-0.4, -0.2) is 49.6 Å². The van der Waals surface area contributed by atoms with Gasteiger partial charge in [0.1, 0.15) is 0 Å². The first-order valence-electron chi connectivity index (χ1n) is 7.06. The summed E-state index contributed by atoms with van der Waals surface area (Å²) in [6.07, 6.45) is 1.29. The molecule has 5 heteroatoms. The van der Waals surface area contributed by atoms with Crippen LogP contribution in [0.2, 0.25) is 0 Å². The predicted molar refractivity (Wildman–Crippen MR) is 73.6 cm³/mol. The van der Waals surface area contributed by atoms with Crippen molar-refractivity contribution in [3.05, 3.63) is 0 Å². The van der Waals surface area contributed by atoms with Gasteiger partial charge in [-0.2, -0.15) is 0 Å². The maximum absolute atomic E-state index is 11.7. The van der Waals surface area contributed by atoms with Crippen molar-refractivity contribution in [3.63, 3.8) is 0 Å². The lowest BCUT2D eigenvalue weighted by atomic mass is 9.91. The summed E-state index contributed by atoms with van der Waals surface area (Å²) in [5, 5.41) is 3.05. The molecule has 0 aromatic carbocycles. The molecule has 0 aromatic heterocycles. The molecule has 0 radical (unpaired) electrons. The van der Waals surface area contributed by atoms with Crippen molar-refractivity contribution < 1.29 is 14.3 Å². The van der Waals surface area contributed by atoms with Gasteiger partial charge >= 0.3 is 5.97 Å². The zero-order chi connectivity index (χ0) is 14.4. The number of likely N-dealkylation sites (N-methyl/N-ethyl adjacent to an activating group) is 1. The molecule has 0 spiro atoms. The Bertz CT molecular complexity index is 318. The molecule has 0 bridgehead atoms. The Morgan fingerprint density at radius 2 is 2.05 bits per heavy atom. The zero-order valence-electron chi connectivity index (χ0n) is 12.4. The van der Waals surface area contributed by atoms with Gasteiger partial charge in [-0.05, 0) is 26.3 Å². The molecule has 1 N–H and O–H groups in total. The molecule has 0 aromatic rings. The van der Waals surface area contributed by atoms with Crippen LogP contribution in [0.15, 0.2) is 0 Å². The quantitative estimate of drug-likeness (QED) is 0.758. The molecule has 1 rings (SSSR count). The Hall–Kier alpha value is -1.10. The molecule has 5 nitrogen and oxygen atoms in total. The van der Waals surface area contributed by atoms with Gasteiger partial charge in [0.2, 0.25) is 5.91 Å². The topological polar surface area (TPSA) is 58.6 Å². The van der Waals surface area contributed by atoms with Crippen molar-refractivity contribution in [3.8, 4) is 0 Å². The van der Waals surface area contributed by atoms with E-state index in [1.54, 1.807) is 0 Å². The number of piperidine rings is 1. The van der Waals surface area contributed by atoms with Gasteiger partial charge in [-0.3, -0.25) is 9.59 Å². The van der Waals surface area contributed by atoms with Gasteiger partial charge in [0.05, 0.1) is 6.61 Å². The first kappa shape index (κ1) is 16.0. The van der Waals surface area contributed by atoms with Gasteiger partial charge in [-0.25, -0.2) is 0 Å². The van der Waals surface area contributed by atoms with Crippen molar-refractivity contribution in [2.45, 2.75) is 39.7 Å². The number of nitrogens with zero attached hydrogens (tertiary/aromatic N) is 1. The number of nitrogens with one attached hydrogen (secondary N) is 1. The number of likely N-dealkylation sites (tertiary alicyclic amines) is 1.